The van der Waals surface area contributed by atoms with Crippen LogP contribution in [0, 0.1) is 0 Å². The third-order valence-electron chi connectivity index (χ3n) is 10.2. The van der Waals surface area contributed by atoms with Crippen molar-refractivity contribution in [1.82, 2.24) is 29.7 Å². The van der Waals surface area contributed by atoms with Crippen LogP contribution < -0.4 is 10.6 Å². The SMILES string of the molecule is CC1(c2ccc(C(F)(F)F)cc2)CC(c2ccc(Cl)c(Cl)c2)(C(F)(F)F)NC(n2cnc(-c3cccc(S(C)(=O)=O)c3)c2)(n2cnc(-c3cccc(S(C)(=O)=O)c3)c2)N1. The van der Waals surface area contributed by atoms with Gasteiger partial charge in [0, 0.05) is 48.0 Å². The van der Waals surface area contributed by atoms with E-state index in [1.807, 2.05) is 0 Å². The number of benzene rings is 4. The first-order valence-corrected chi connectivity index (χ1v) is 21.9. The fraction of sp³-hybridized carbons (Fsp3) is 0.231. The van der Waals surface area contributed by atoms with Gasteiger partial charge < -0.3 is 0 Å². The molecule has 1 aliphatic heterocycles. The van der Waals surface area contributed by atoms with Crippen LogP contribution in [0.15, 0.2) is 126 Å². The molecule has 0 aliphatic carbocycles. The van der Waals surface area contributed by atoms with E-state index in [1.54, 1.807) is 12.1 Å². The summed E-state index contributed by atoms with van der Waals surface area (Å²) in [5, 5.41) is 5.85. The topological polar surface area (TPSA) is 128 Å². The van der Waals surface area contributed by atoms with Gasteiger partial charge in [-0.3, -0.25) is 14.5 Å². The highest BCUT2D eigenvalue weighted by Gasteiger charge is 2.66. The summed E-state index contributed by atoms with van der Waals surface area (Å²) in [6, 6.07) is 18.6. The monoisotopic (exact) mass is 896 g/mol. The van der Waals surface area contributed by atoms with Crippen LogP contribution in [0.4, 0.5) is 26.3 Å². The maximum Gasteiger partial charge on any atom is 0.416 e. The summed E-state index contributed by atoms with van der Waals surface area (Å²) in [5.74, 6) is -2.32. The molecule has 0 amide bonds. The second kappa shape index (κ2) is 14.5. The Morgan fingerprint density at radius 1 is 0.661 bits per heavy atom. The van der Waals surface area contributed by atoms with E-state index in [2.05, 4.69) is 20.6 Å². The fourth-order valence-electron chi connectivity index (χ4n) is 7.27. The molecule has 0 bridgehead atoms. The number of rotatable bonds is 8. The lowest BCUT2D eigenvalue weighted by Gasteiger charge is -2.57. The Balaban J connectivity index is 1.53. The largest absolute Gasteiger partial charge is 0.416 e. The second-order valence-corrected chi connectivity index (χ2v) is 19.3. The molecule has 2 atom stereocenters. The Hall–Kier alpha value is -4.72. The predicted octanol–water partition coefficient (Wildman–Crippen LogP) is 8.62. The number of alkyl halides is 6. The highest BCUT2D eigenvalue weighted by Crippen LogP contribution is 2.53. The van der Waals surface area contributed by atoms with Gasteiger partial charge in [-0.2, -0.15) is 26.3 Å². The molecule has 59 heavy (non-hydrogen) atoms. The van der Waals surface area contributed by atoms with Crippen molar-refractivity contribution in [1.29, 1.82) is 0 Å². The van der Waals surface area contributed by atoms with E-state index in [9.17, 15) is 30.0 Å². The van der Waals surface area contributed by atoms with Crippen LogP contribution in [0.2, 0.25) is 10.0 Å². The fourth-order valence-corrected chi connectivity index (χ4v) is 8.90. The summed E-state index contributed by atoms with van der Waals surface area (Å²) < 4.78 is 143. The van der Waals surface area contributed by atoms with Gasteiger partial charge in [-0.05, 0) is 66.6 Å². The molecule has 0 spiro atoms. The maximum absolute atomic E-state index is 16.3. The van der Waals surface area contributed by atoms with Crippen LogP contribution in [-0.4, -0.2) is 54.6 Å². The Labute approximate surface area is 344 Å². The van der Waals surface area contributed by atoms with Crippen LogP contribution in [0.5, 0.6) is 0 Å². The smallest absolute Gasteiger partial charge is 0.287 e. The van der Waals surface area contributed by atoms with Crippen molar-refractivity contribution in [2.45, 2.75) is 52.5 Å². The van der Waals surface area contributed by atoms with E-state index in [1.165, 1.54) is 83.6 Å². The van der Waals surface area contributed by atoms with Crippen molar-refractivity contribution < 1.29 is 43.2 Å². The van der Waals surface area contributed by atoms with Gasteiger partial charge in [0.1, 0.15) is 5.54 Å². The molecule has 7 rings (SSSR count). The first-order valence-electron chi connectivity index (χ1n) is 17.3. The van der Waals surface area contributed by atoms with E-state index in [0.717, 1.165) is 48.9 Å². The number of imidazole rings is 2. The average molecular weight is 898 g/mol. The van der Waals surface area contributed by atoms with E-state index in [0.29, 0.717) is 11.1 Å². The van der Waals surface area contributed by atoms with Gasteiger partial charge in [-0.25, -0.2) is 32.1 Å². The number of hydrogen-bond acceptors (Lipinski definition) is 8. The Morgan fingerprint density at radius 3 is 1.59 bits per heavy atom. The molecule has 310 valence electrons. The summed E-state index contributed by atoms with van der Waals surface area (Å²) in [5.41, 5.74) is -5.48. The normalized spacial score (nSPS) is 20.1. The molecule has 1 aliphatic rings. The number of nitrogens with one attached hydrogen (secondary N) is 2. The molecule has 1 saturated heterocycles. The minimum absolute atomic E-state index is 0.0347. The number of halogens is 8. The highest BCUT2D eigenvalue weighted by atomic mass is 35.5. The third kappa shape index (κ3) is 7.89. The van der Waals surface area contributed by atoms with Gasteiger partial charge in [0.05, 0.1) is 49.4 Å². The van der Waals surface area contributed by atoms with E-state index >= 15 is 13.2 Å². The molecule has 2 aromatic heterocycles. The number of nitrogens with zero attached hydrogens (tertiary/aromatic N) is 4. The van der Waals surface area contributed by atoms with Crippen molar-refractivity contribution in [3.05, 3.63) is 143 Å². The minimum Gasteiger partial charge on any atom is -0.287 e. The summed E-state index contributed by atoms with van der Waals surface area (Å²) >= 11 is 12.6. The lowest BCUT2D eigenvalue weighted by Crippen LogP contribution is -2.79. The molecular formula is C39H32Cl2F6N6O4S2. The van der Waals surface area contributed by atoms with Gasteiger partial charge >= 0.3 is 12.4 Å². The minimum atomic E-state index is -5.18. The Bertz CT molecular complexity index is 2700. The first-order chi connectivity index (χ1) is 27.3. The first kappa shape index (κ1) is 42.4. The molecule has 2 N–H and O–H groups in total. The molecule has 4 aromatic carbocycles. The maximum atomic E-state index is 16.3. The second-order valence-electron chi connectivity index (χ2n) is 14.5. The lowest BCUT2D eigenvalue weighted by atomic mass is 9.72. The summed E-state index contributed by atoms with van der Waals surface area (Å²) in [4.78, 5) is 8.84. The van der Waals surface area contributed by atoms with E-state index in [-0.39, 0.29) is 36.8 Å². The van der Waals surface area contributed by atoms with Crippen molar-refractivity contribution in [2.75, 3.05) is 12.5 Å². The van der Waals surface area contributed by atoms with Gasteiger partial charge in [0.25, 0.3) is 0 Å². The Kier molecular flexibility index (Phi) is 10.4. The zero-order chi connectivity index (χ0) is 43.0. The third-order valence-corrected chi connectivity index (χ3v) is 13.2. The molecular weight excluding hydrogens is 865 g/mol. The number of hydrogen-bond donors (Lipinski definition) is 2. The van der Waals surface area contributed by atoms with E-state index < -0.39 is 66.6 Å². The molecule has 10 nitrogen and oxygen atoms in total. The van der Waals surface area contributed by atoms with Gasteiger partial charge in [-0.1, -0.05) is 65.7 Å². The van der Waals surface area contributed by atoms with E-state index in [4.69, 9.17) is 23.2 Å². The van der Waals surface area contributed by atoms with Gasteiger partial charge in [0.2, 0.25) is 5.91 Å². The predicted molar refractivity (Wildman–Crippen MR) is 209 cm³/mol. The zero-order valence-corrected chi connectivity index (χ0v) is 34.1. The molecule has 0 saturated carbocycles. The van der Waals surface area contributed by atoms with Crippen LogP contribution in [0.1, 0.15) is 30.0 Å². The van der Waals surface area contributed by atoms with Crippen molar-refractivity contribution in [3.63, 3.8) is 0 Å². The zero-order valence-electron chi connectivity index (χ0n) is 30.9. The molecule has 1 fully saturated rings. The molecule has 20 heteroatoms. The molecule has 2 unspecified atom stereocenters. The van der Waals surface area contributed by atoms with Crippen LogP contribution >= 0.6 is 23.2 Å². The summed E-state index contributed by atoms with van der Waals surface area (Å²) in [7, 11) is -7.38. The van der Waals surface area contributed by atoms with Crippen molar-refractivity contribution >= 4 is 42.9 Å². The average Bonchev–Trinajstić information content (AvgIpc) is 3.87. The van der Waals surface area contributed by atoms with Crippen LogP contribution in [0.25, 0.3) is 22.5 Å². The Morgan fingerprint density at radius 2 is 1.15 bits per heavy atom. The van der Waals surface area contributed by atoms with Crippen molar-refractivity contribution in [2.24, 2.45) is 0 Å². The quantitative estimate of drug-likeness (QED) is 0.146. The molecule has 6 aromatic rings. The number of aromatic nitrogens is 4. The summed E-state index contributed by atoms with van der Waals surface area (Å²) in [6.07, 6.45) is -3.64. The van der Waals surface area contributed by atoms with Gasteiger partial charge in [0.15, 0.2) is 19.7 Å². The van der Waals surface area contributed by atoms with Crippen LogP contribution in [-0.2, 0) is 42.8 Å². The highest BCUT2D eigenvalue weighted by molar-refractivity contribution is 7.91. The molecule has 3 heterocycles. The lowest BCUT2D eigenvalue weighted by molar-refractivity contribution is -0.240. The van der Waals surface area contributed by atoms with Crippen LogP contribution in [0.3, 0.4) is 0 Å². The standard InChI is InChI=1S/C39H32Cl2F6N6O4S2/c1-35(26-10-12-27(13-11-26)37(42,43)44)21-36(38(45,46)47,28-14-15-31(40)32(41)18-28)51-39(50-35,52-19-33(48-22-52)24-6-4-8-29(16-24)58(2,54)55)53-20-34(49-23-53)25-7-5-9-30(17-25)59(3,56)57/h4-20,22-23,50-51H,21H2,1-3H3. The number of sulfone groups is 2. The van der Waals surface area contributed by atoms with Gasteiger partial charge in [-0.15, -0.1) is 0 Å². The molecule has 0 radical (unpaired) electrons. The summed E-state index contributed by atoms with van der Waals surface area (Å²) in [6.45, 7) is 1.41. The van der Waals surface area contributed by atoms with Crippen molar-refractivity contribution in [3.8, 4) is 22.5 Å².